The Bertz CT molecular complexity index is 766. The third-order valence-electron chi connectivity index (χ3n) is 4.05. The molecule has 0 aliphatic carbocycles. The molecule has 7 heteroatoms. The average Bonchev–Trinajstić information content (AvgIpc) is 2.67. The number of halogens is 1. The van der Waals surface area contributed by atoms with Crippen molar-refractivity contribution >= 4 is 35.8 Å². The summed E-state index contributed by atoms with van der Waals surface area (Å²) in [5.74, 6) is 1.42. The first-order valence-electron chi connectivity index (χ1n) is 8.87. The Morgan fingerprint density at radius 1 is 1.04 bits per heavy atom. The largest absolute Gasteiger partial charge is 0.484 e. The van der Waals surface area contributed by atoms with Crippen LogP contribution in [0.1, 0.15) is 11.1 Å². The predicted molar refractivity (Wildman–Crippen MR) is 124 cm³/mol. The third kappa shape index (κ3) is 7.75. The number of amides is 1. The van der Waals surface area contributed by atoms with Crippen LogP contribution in [0, 0.1) is 0 Å². The van der Waals surface area contributed by atoms with E-state index in [4.69, 9.17) is 4.74 Å². The highest BCUT2D eigenvalue weighted by atomic mass is 127. The predicted octanol–water partition coefficient (Wildman–Crippen LogP) is 2.98. The minimum absolute atomic E-state index is 0. The van der Waals surface area contributed by atoms with E-state index in [-0.39, 0.29) is 36.5 Å². The molecule has 0 aliphatic rings. The molecule has 2 aromatic carbocycles. The van der Waals surface area contributed by atoms with E-state index in [1.165, 1.54) is 10.5 Å². The number of carbonyl (C=O) groups excluding carboxylic acids is 1. The molecular formula is C21H29IN4O2. The van der Waals surface area contributed by atoms with Crippen LogP contribution in [-0.2, 0) is 17.9 Å². The summed E-state index contributed by atoms with van der Waals surface area (Å²) in [5, 5.41) is 3.36. The van der Waals surface area contributed by atoms with Gasteiger partial charge in [0, 0.05) is 41.3 Å². The van der Waals surface area contributed by atoms with Crippen LogP contribution in [0.15, 0.2) is 59.6 Å². The van der Waals surface area contributed by atoms with E-state index >= 15 is 0 Å². The molecule has 0 aliphatic heterocycles. The molecule has 1 amide bonds. The Balaban J connectivity index is 0.00000392. The highest BCUT2D eigenvalue weighted by molar-refractivity contribution is 14.0. The number of nitrogens with zero attached hydrogens (tertiary/aromatic N) is 3. The van der Waals surface area contributed by atoms with Crippen molar-refractivity contribution in [3.05, 3.63) is 65.7 Å². The molecule has 2 rings (SSSR count). The molecule has 0 spiro atoms. The number of aliphatic imine (C=N–C) groups is 1. The maximum absolute atomic E-state index is 11.6. The van der Waals surface area contributed by atoms with Gasteiger partial charge in [-0.25, -0.2) is 0 Å². The summed E-state index contributed by atoms with van der Waals surface area (Å²) >= 11 is 0. The average molecular weight is 496 g/mol. The number of rotatable bonds is 7. The van der Waals surface area contributed by atoms with Crippen LogP contribution in [0.2, 0.25) is 0 Å². The summed E-state index contributed by atoms with van der Waals surface area (Å²) in [7, 11) is 7.21. The molecule has 28 heavy (non-hydrogen) atoms. The molecule has 0 aromatic heterocycles. The van der Waals surface area contributed by atoms with E-state index in [1.807, 2.05) is 49.5 Å². The van der Waals surface area contributed by atoms with E-state index in [2.05, 4.69) is 27.3 Å². The van der Waals surface area contributed by atoms with Gasteiger partial charge in [-0.2, -0.15) is 0 Å². The van der Waals surface area contributed by atoms with Crippen molar-refractivity contribution in [3.63, 3.8) is 0 Å². The lowest BCUT2D eigenvalue weighted by Crippen LogP contribution is -2.38. The first-order valence-corrected chi connectivity index (χ1v) is 8.87. The fourth-order valence-corrected chi connectivity index (χ4v) is 2.52. The molecule has 0 radical (unpaired) electrons. The van der Waals surface area contributed by atoms with E-state index in [0.29, 0.717) is 12.3 Å². The number of likely N-dealkylation sites (N-methyl/N-ethyl adjacent to an activating group) is 1. The van der Waals surface area contributed by atoms with Crippen LogP contribution in [-0.4, -0.2) is 56.5 Å². The summed E-state index contributed by atoms with van der Waals surface area (Å²) in [4.78, 5) is 19.6. The van der Waals surface area contributed by atoms with Crippen molar-refractivity contribution in [3.8, 4) is 5.75 Å². The van der Waals surface area contributed by atoms with Crippen LogP contribution >= 0.6 is 24.0 Å². The van der Waals surface area contributed by atoms with Crippen LogP contribution < -0.4 is 10.1 Å². The molecule has 2 aromatic rings. The Labute approximate surface area is 184 Å². The number of hydrogen-bond acceptors (Lipinski definition) is 3. The van der Waals surface area contributed by atoms with Gasteiger partial charge in [0.05, 0.1) is 0 Å². The SMILES string of the molecule is CN=C(NCc1cccc(OCC(=O)N(C)C)c1)N(C)Cc1ccccc1.I. The highest BCUT2D eigenvalue weighted by Crippen LogP contribution is 2.13. The second kappa shape index (κ2) is 12.2. The van der Waals surface area contributed by atoms with Gasteiger partial charge in [-0.15, -0.1) is 24.0 Å². The quantitative estimate of drug-likeness (QED) is 0.364. The monoisotopic (exact) mass is 496 g/mol. The van der Waals surface area contributed by atoms with Gasteiger partial charge in [-0.1, -0.05) is 42.5 Å². The number of nitrogens with one attached hydrogen (secondary N) is 1. The molecule has 0 bridgehead atoms. The summed E-state index contributed by atoms with van der Waals surface area (Å²) in [6, 6.07) is 18.0. The first kappa shape index (κ1) is 23.7. The number of benzene rings is 2. The summed E-state index contributed by atoms with van der Waals surface area (Å²) in [5.41, 5.74) is 2.28. The lowest BCUT2D eigenvalue weighted by molar-refractivity contribution is -0.130. The fourth-order valence-electron chi connectivity index (χ4n) is 2.52. The maximum atomic E-state index is 11.6. The third-order valence-corrected chi connectivity index (χ3v) is 4.05. The Morgan fingerprint density at radius 2 is 1.71 bits per heavy atom. The van der Waals surface area contributed by atoms with Gasteiger partial charge in [-0.05, 0) is 23.3 Å². The van der Waals surface area contributed by atoms with Crippen molar-refractivity contribution in [1.29, 1.82) is 0 Å². The Morgan fingerprint density at radius 3 is 2.36 bits per heavy atom. The first-order chi connectivity index (χ1) is 13.0. The molecule has 1 N–H and O–H groups in total. The molecule has 0 saturated carbocycles. The highest BCUT2D eigenvalue weighted by Gasteiger charge is 2.08. The molecular weight excluding hydrogens is 467 g/mol. The van der Waals surface area contributed by atoms with Crippen molar-refractivity contribution in [2.24, 2.45) is 4.99 Å². The van der Waals surface area contributed by atoms with Gasteiger partial charge >= 0.3 is 0 Å². The summed E-state index contributed by atoms with van der Waals surface area (Å²) < 4.78 is 5.57. The Hall–Kier alpha value is -2.29. The Kier molecular flexibility index (Phi) is 10.4. The van der Waals surface area contributed by atoms with E-state index in [0.717, 1.165) is 18.1 Å². The topological polar surface area (TPSA) is 57.2 Å². The number of hydrogen-bond donors (Lipinski definition) is 1. The minimum Gasteiger partial charge on any atom is -0.484 e. The lowest BCUT2D eigenvalue weighted by Gasteiger charge is -2.22. The van der Waals surface area contributed by atoms with Crippen LogP contribution in [0.5, 0.6) is 5.75 Å². The smallest absolute Gasteiger partial charge is 0.259 e. The van der Waals surface area contributed by atoms with Gasteiger partial charge < -0.3 is 19.9 Å². The molecule has 0 saturated heterocycles. The zero-order chi connectivity index (χ0) is 19.6. The van der Waals surface area contributed by atoms with Crippen molar-refractivity contribution in [2.75, 3.05) is 34.8 Å². The molecule has 0 heterocycles. The van der Waals surface area contributed by atoms with E-state index in [9.17, 15) is 4.79 Å². The van der Waals surface area contributed by atoms with Gasteiger partial charge in [0.2, 0.25) is 0 Å². The minimum atomic E-state index is -0.0681. The van der Waals surface area contributed by atoms with E-state index in [1.54, 1.807) is 21.1 Å². The van der Waals surface area contributed by atoms with Crippen LogP contribution in [0.4, 0.5) is 0 Å². The second-order valence-corrected chi connectivity index (χ2v) is 6.47. The molecule has 0 unspecified atom stereocenters. The van der Waals surface area contributed by atoms with Gasteiger partial charge in [0.25, 0.3) is 5.91 Å². The van der Waals surface area contributed by atoms with Crippen molar-refractivity contribution in [2.45, 2.75) is 13.1 Å². The standard InChI is InChI=1S/C21H28N4O2.HI/c1-22-21(25(4)15-17-9-6-5-7-10-17)23-14-18-11-8-12-19(13-18)27-16-20(26)24(2)3;/h5-13H,14-16H2,1-4H3,(H,22,23);1H. The lowest BCUT2D eigenvalue weighted by atomic mass is 10.2. The normalized spacial score (nSPS) is 10.6. The zero-order valence-electron chi connectivity index (χ0n) is 16.9. The van der Waals surface area contributed by atoms with Crippen LogP contribution in [0.25, 0.3) is 0 Å². The maximum Gasteiger partial charge on any atom is 0.259 e. The van der Waals surface area contributed by atoms with Gasteiger partial charge in [0.15, 0.2) is 12.6 Å². The van der Waals surface area contributed by atoms with Gasteiger partial charge in [0.1, 0.15) is 5.75 Å². The molecule has 6 nitrogen and oxygen atoms in total. The molecule has 0 atom stereocenters. The molecule has 0 fully saturated rings. The molecule has 152 valence electrons. The van der Waals surface area contributed by atoms with Crippen LogP contribution in [0.3, 0.4) is 0 Å². The number of ether oxygens (including phenoxy) is 1. The number of carbonyl (C=O) groups is 1. The summed E-state index contributed by atoms with van der Waals surface area (Å²) in [6.07, 6.45) is 0. The second-order valence-electron chi connectivity index (χ2n) is 6.47. The number of guanidine groups is 1. The van der Waals surface area contributed by atoms with Crippen molar-refractivity contribution in [1.82, 2.24) is 15.1 Å². The van der Waals surface area contributed by atoms with Gasteiger partial charge in [-0.3, -0.25) is 9.79 Å². The van der Waals surface area contributed by atoms with E-state index < -0.39 is 0 Å². The fraction of sp³-hybridized carbons (Fsp3) is 0.333. The van der Waals surface area contributed by atoms with Crippen molar-refractivity contribution < 1.29 is 9.53 Å². The summed E-state index contributed by atoms with van der Waals surface area (Å²) in [6.45, 7) is 1.42. The zero-order valence-corrected chi connectivity index (χ0v) is 19.2.